The molecule has 0 fully saturated rings. The molecule has 0 spiro atoms. The lowest BCUT2D eigenvalue weighted by Crippen LogP contribution is -2.09. The maximum Gasteiger partial charge on any atom is 0.144 e. The summed E-state index contributed by atoms with van der Waals surface area (Å²) in [5, 5.41) is 7.39. The molecule has 0 amide bonds. The maximum absolute atomic E-state index is 6.53. The molecule has 7 aromatic carbocycles. The minimum Gasteiger partial charge on any atom is -0.455 e. The van der Waals surface area contributed by atoms with Crippen molar-refractivity contribution in [2.24, 2.45) is 0 Å². The van der Waals surface area contributed by atoms with Crippen molar-refractivity contribution >= 4 is 102 Å². The monoisotopic (exact) mass is 623 g/mol. The molecule has 216 valence electrons. The number of nitrogens with zero attached hydrogens (tertiary/aromatic N) is 1. The van der Waals surface area contributed by atoms with Gasteiger partial charge in [-0.3, -0.25) is 0 Å². The van der Waals surface area contributed by atoms with Crippen molar-refractivity contribution in [2.75, 3.05) is 4.90 Å². The van der Waals surface area contributed by atoms with Gasteiger partial charge in [0.1, 0.15) is 11.2 Å². The van der Waals surface area contributed by atoms with Gasteiger partial charge in [-0.1, -0.05) is 91.0 Å². The van der Waals surface area contributed by atoms with Crippen molar-refractivity contribution < 1.29 is 4.42 Å². The predicted octanol–water partition coefficient (Wildman–Crippen LogP) is 13.5. The number of fused-ring (bicyclic) bond motifs is 10. The Bertz CT molecular complexity index is 2710. The van der Waals surface area contributed by atoms with Gasteiger partial charge in [0.15, 0.2) is 0 Å². The van der Waals surface area contributed by atoms with Crippen LogP contribution in [0.2, 0.25) is 0 Å². The summed E-state index contributed by atoms with van der Waals surface area (Å²) in [7, 11) is 0. The SMILES string of the molecule is c1ccc(N(c2ccccc2)c2ccc3c(c2)sc2cc(-c4cc5c6ccccc6oc5c5c4sc4ccccc45)ccc23)cc1. The van der Waals surface area contributed by atoms with Gasteiger partial charge in [0.25, 0.3) is 0 Å². The van der Waals surface area contributed by atoms with Gasteiger partial charge in [-0.05, 0) is 66.2 Å². The summed E-state index contributed by atoms with van der Waals surface area (Å²) in [4.78, 5) is 2.33. The molecule has 4 heteroatoms. The third-order valence-electron chi connectivity index (χ3n) is 9.04. The molecular formula is C42H25NOS2. The van der Waals surface area contributed by atoms with E-state index < -0.39 is 0 Å². The van der Waals surface area contributed by atoms with Crippen molar-refractivity contribution in [1.29, 1.82) is 0 Å². The molecule has 0 saturated carbocycles. The van der Waals surface area contributed by atoms with Gasteiger partial charge in [-0.2, -0.15) is 0 Å². The quantitative estimate of drug-likeness (QED) is 0.194. The van der Waals surface area contributed by atoms with E-state index in [0.29, 0.717) is 0 Å². The van der Waals surface area contributed by atoms with Crippen LogP contribution >= 0.6 is 22.7 Å². The van der Waals surface area contributed by atoms with E-state index in [0.717, 1.165) is 33.6 Å². The first-order valence-corrected chi connectivity index (χ1v) is 17.1. The van der Waals surface area contributed by atoms with Gasteiger partial charge in [0.05, 0.1) is 0 Å². The van der Waals surface area contributed by atoms with E-state index >= 15 is 0 Å². The highest BCUT2D eigenvalue weighted by atomic mass is 32.1. The Labute approximate surface area is 273 Å². The standard InChI is InChI=1S/C42H25NOS2/c1-3-11-27(12-4-1)43(28-13-5-2-6-14-28)29-20-22-32-31-21-19-26(23-38(31)45-39(32)24-29)34-25-35-30-15-7-9-17-36(30)44-41(35)40-33-16-8-10-18-37(33)46-42(34)40/h1-25H. The van der Waals surface area contributed by atoms with Gasteiger partial charge in [-0.25, -0.2) is 0 Å². The Morgan fingerprint density at radius 1 is 0.435 bits per heavy atom. The van der Waals surface area contributed by atoms with Gasteiger partial charge < -0.3 is 9.32 Å². The van der Waals surface area contributed by atoms with Crippen molar-refractivity contribution in [3.8, 4) is 11.1 Å². The molecule has 0 aliphatic carbocycles. The van der Waals surface area contributed by atoms with Gasteiger partial charge in [-0.15, -0.1) is 22.7 Å². The van der Waals surface area contributed by atoms with E-state index in [1.165, 1.54) is 56.9 Å². The van der Waals surface area contributed by atoms with Crippen molar-refractivity contribution in [2.45, 2.75) is 0 Å². The Balaban J connectivity index is 1.18. The van der Waals surface area contributed by atoms with Gasteiger partial charge in [0, 0.05) is 73.7 Å². The number of hydrogen-bond acceptors (Lipinski definition) is 4. The second-order valence-corrected chi connectivity index (χ2v) is 13.8. The highest BCUT2D eigenvalue weighted by molar-refractivity contribution is 7.26. The summed E-state index contributed by atoms with van der Waals surface area (Å²) in [6.07, 6.45) is 0. The Hall–Kier alpha value is -5.42. The second kappa shape index (κ2) is 10.0. The third kappa shape index (κ3) is 3.87. The summed E-state index contributed by atoms with van der Waals surface area (Å²) in [5.41, 5.74) is 7.85. The van der Waals surface area contributed by atoms with Crippen LogP contribution in [0.25, 0.3) is 73.4 Å². The Morgan fingerprint density at radius 3 is 1.87 bits per heavy atom. The molecule has 46 heavy (non-hydrogen) atoms. The Morgan fingerprint density at radius 2 is 1.09 bits per heavy atom. The van der Waals surface area contributed by atoms with Crippen LogP contribution in [0.5, 0.6) is 0 Å². The second-order valence-electron chi connectivity index (χ2n) is 11.7. The van der Waals surface area contributed by atoms with Crippen LogP contribution < -0.4 is 4.90 Å². The molecule has 0 bridgehead atoms. The first-order chi connectivity index (χ1) is 22.8. The zero-order chi connectivity index (χ0) is 30.2. The van der Waals surface area contributed by atoms with Gasteiger partial charge >= 0.3 is 0 Å². The molecule has 0 N–H and O–H groups in total. The highest BCUT2D eigenvalue weighted by Crippen LogP contribution is 2.48. The summed E-state index contributed by atoms with van der Waals surface area (Å²) < 4.78 is 11.7. The highest BCUT2D eigenvalue weighted by Gasteiger charge is 2.20. The summed E-state index contributed by atoms with van der Waals surface area (Å²) >= 11 is 3.73. The van der Waals surface area contributed by atoms with Crippen LogP contribution in [0.15, 0.2) is 156 Å². The van der Waals surface area contributed by atoms with E-state index in [1.807, 2.05) is 28.7 Å². The number of rotatable bonds is 4. The van der Waals surface area contributed by atoms with E-state index in [-0.39, 0.29) is 0 Å². The largest absolute Gasteiger partial charge is 0.455 e. The summed E-state index contributed by atoms with van der Waals surface area (Å²) in [5.74, 6) is 0. The molecule has 0 saturated heterocycles. The number of furan rings is 1. The molecule has 0 aliphatic rings. The lowest BCUT2D eigenvalue weighted by atomic mass is 9.98. The molecule has 0 radical (unpaired) electrons. The van der Waals surface area contributed by atoms with Crippen LogP contribution in [0.3, 0.4) is 0 Å². The van der Waals surface area contributed by atoms with Crippen LogP contribution in [-0.4, -0.2) is 0 Å². The smallest absolute Gasteiger partial charge is 0.144 e. The van der Waals surface area contributed by atoms with Crippen LogP contribution in [0.4, 0.5) is 17.1 Å². The third-order valence-corrected chi connectivity index (χ3v) is 11.4. The van der Waals surface area contributed by atoms with E-state index in [2.05, 4.69) is 150 Å². The molecule has 2 nitrogen and oxygen atoms in total. The van der Waals surface area contributed by atoms with Gasteiger partial charge in [0.2, 0.25) is 0 Å². The molecule has 3 heterocycles. The van der Waals surface area contributed by atoms with E-state index in [1.54, 1.807) is 0 Å². The number of hydrogen-bond donors (Lipinski definition) is 0. The predicted molar refractivity (Wildman–Crippen MR) is 200 cm³/mol. The molecule has 0 unspecified atom stereocenters. The number of anilines is 3. The molecule has 10 rings (SSSR count). The number of para-hydroxylation sites is 3. The van der Waals surface area contributed by atoms with Crippen molar-refractivity contribution in [1.82, 2.24) is 0 Å². The first-order valence-electron chi connectivity index (χ1n) is 15.4. The lowest BCUT2D eigenvalue weighted by Gasteiger charge is -2.25. The zero-order valence-electron chi connectivity index (χ0n) is 24.6. The van der Waals surface area contributed by atoms with E-state index in [4.69, 9.17) is 4.42 Å². The van der Waals surface area contributed by atoms with Crippen LogP contribution in [0.1, 0.15) is 0 Å². The maximum atomic E-state index is 6.53. The summed E-state index contributed by atoms with van der Waals surface area (Å²) in [6.45, 7) is 0. The minimum absolute atomic E-state index is 0.932. The molecule has 3 aromatic heterocycles. The van der Waals surface area contributed by atoms with Crippen LogP contribution in [-0.2, 0) is 0 Å². The van der Waals surface area contributed by atoms with E-state index in [9.17, 15) is 0 Å². The average molecular weight is 624 g/mol. The van der Waals surface area contributed by atoms with Crippen molar-refractivity contribution in [3.05, 3.63) is 152 Å². The number of thiophene rings is 2. The average Bonchev–Trinajstić information content (AvgIpc) is 3.79. The topological polar surface area (TPSA) is 16.4 Å². The molecule has 10 aromatic rings. The fraction of sp³-hybridized carbons (Fsp3) is 0. The molecular weight excluding hydrogens is 599 g/mol. The summed E-state index contributed by atoms with van der Waals surface area (Å²) in [6, 6.07) is 54.5. The Kier molecular flexibility index (Phi) is 5.65. The fourth-order valence-corrected chi connectivity index (χ4v) is 9.37. The lowest BCUT2D eigenvalue weighted by molar-refractivity contribution is 0.673. The molecule has 0 aliphatic heterocycles. The van der Waals surface area contributed by atoms with Crippen LogP contribution in [0, 0.1) is 0 Å². The number of benzene rings is 7. The minimum atomic E-state index is 0.932. The molecule has 0 atom stereocenters. The normalized spacial score (nSPS) is 11.9. The fourth-order valence-electron chi connectivity index (χ4n) is 6.95. The first kappa shape index (κ1) is 25.9. The zero-order valence-corrected chi connectivity index (χ0v) is 26.2. The van der Waals surface area contributed by atoms with Crippen molar-refractivity contribution in [3.63, 3.8) is 0 Å².